The van der Waals surface area contributed by atoms with Gasteiger partial charge in [-0.05, 0) is 20.8 Å². The summed E-state index contributed by atoms with van der Waals surface area (Å²) in [7, 11) is -3.59. The Labute approximate surface area is 107 Å². The average Bonchev–Trinajstić information content (AvgIpc) is 2.06. The summed E-state index contributed by atoms with van der Waals surface area (Å²) in [4.78, 5) is 12.9. The first-order valence-corrected chi connectivity index (χ1v) is 7.27. The van der Waals surface area contributed by atoms with Crippen LogP contribution in [0.5, 0.6) is 0 Å². The van der Waals surface area contributed by atoms with E-state index in [1.807, 2.05) is 0 Å². The molecule has 1 rings (SSSR count). The van der Waals surface area contributed by atoms with Crippen LogP contribution >= 0.6 is 0 Å². The van der Waals surface area contributed by atoms with E-state index in [0.717, 1.165) is 6.26 Å². The van der Waals surface area contributed by atoms with E-state index in [4.69, 9.17) is 4.74 Å². The molecule has 1 aliphatic heterocycles. The van der Waals surface area contributed by atoms with Gasteiger partial charge in [-0.3, -0.25) is 4.18 Å². The third kappa shape index (κ3) is 4.79. The summed E-state index contributed by atoms with van der Waals surface area (Å²) < 4.78 is 31.2. The molecular formula is C10H19NO6S. The van der Waals surface area contributed by atoms with Crippen molar-refractivity contribution in [2.45, 2.75) is 32.0 Å². The minimum absolute atomic E-state index is 0.00255. The molecule has 1 fully saturated rings. The van der Waals surface area contributed by atoms with E-state index in [9.17, 15) is 18.3 Å². The van der Waals surface area contributed by atoms with Crippen LogP contribution in [0.3, 0.4) is 0 Å². The van der Waals surface area contributed by atoms with Crippen molar-refractivity contribution >= 4 is 16.2 Å². The molecule has 0 saturated carbocycles. The monoisotopic (exact) mass is 281 g/mol. The van der Waals surface area contributed by atoms with Crippen LogP contribution in [0.4, 0.5) is 4.79 Å². The van der Waals surface area contributed by atoms with Crippen LogP contribution in [0, 0.1) is 0 Å². The van der Waals surface area contributed by atoms with Gasteiger partial charge >= 0.3 is 6.09 Å². The van der Waals surface area contributed by atoms with Crippen molar-refractivity contribution in [1.29, 1.82) is 0 Å². The van der Waals surface area contributed by atoms with Crippen LogP contribution in [-0.2, 0) is 19.0 Å². The highest BCUT2D eigenvalue weighted by Gasteiger charge is 2.46. The average molecular weight is 281 g/mol. The number of β-amino-alcohol motifs (C(OH)–C–C–N with tert-alkyl or cyclic N) is 1. The first kappa shape index (κ1) is 15.2. The molecule has 1 amide bonds. The lowest BCUT2D eigenvalue weighted by molar-refractivity contribution is -0.116. The predicted octanol–water partition coefficient (Wildman–Crippen LogP) is -0.0556. The number of nitrogens with zero attached hydrogens (tertiary/aromatic N) is 1. The lowest BCUT2D eigenvalue weighted by atomic mass is 9.96. The van der Waals surface area contributed by atoms with Gasteiger partial charge in [0.1, 0.15) is 11.2 Å². The number of aliphatic hydroxyl groups is 1. The largest absolute Gasteiger partial charge is 0.444 e. The Morgan fingerprint density at radius 1 is 1.39 bits per heavy atom. The molecule has 8 heteroatoms. The maximum absolute atomic E-state index is 11.6. The Balaban J connectivity index is 2.41. The van der Waals surface area contributed by atoms with Gasteiger partial charge in [0.2, 0.25) is 0 Å². The van der Waals surface area contributed by atoms with Crippen LogP contribution in [0.1, 0.15) is 20.8 Å². The van der Waals surface area contributed by atoms with Crippen LogP contribution in [0.15, 0.2) is 0 Å². The molecule has 0 unspecified atom stereocenters. The van der Waals surface area contributed by atoms with Gasteiger partial charge in [0, 0.05) is 0 Å². The fourth-order valence-corrected chi connectivity index (χ4v) is 1.86. The molecule has 0 radical (unpaired) electrons. The molecule has 106 valence electrons. The second kappa shape index (κ2) is 4.67. The Hall–Kier alpha value is -0.860. The van der Waals surface area contributed by atoms with Gasteiger partial charge in [-0.2, -0.15) is 8.42 Å². The zero-order valence-corrected chi connectivity index (χ0v) is 11.8. The third-order valence-electron chi connectivity index (χ3n) is 2.16. The van der Waals surface area contributed by atoms with Gasteiger partial charge in [0.15, 0.2) is 0 Å². The first-order valence-electron chi connectivity index (χ1n) is 5.45. The smallest absolute Gasteiger partial charge is 0.410 e. The van der Waals surface area contributed by atoms with E-state index in [1.54, 1.807) is 20.8 Å². The number of rotatable bonds is 3. The zero-order valence-electron chi connectivity index (χ0n) is 11.0. The van der Waals surface area contributed by atoms with Crippen molar-refractivity contribution in [3.05, 3.63) is 0 Å². The molecule has 1 heterocycles. The van der Waals surface area contributed by atoms with E-state index in [-0.39, 0.29) is 19.7 Å². The zero-order chi connectivity index (χ0) is 14.2. The van der Waals surface area contributed by atoms with Crippen molar-refractivity contribution in [1.82, 2.24) is 4.90 Å². The topological polar surface area (TPSA) is 93.1 Å². The predicted molar refractivity (Wildman–Crippen MR) is 63.6 cm³/mol. The maximum atomic E-state index is 11.6. The number of hydrogen-bond donors (Lipinski definition) is 1. The van der Waals surface area contributed by atoms with Gasteiger partial charge in [0.05, 0.1) is 26.0 Å². The minimum atomic E-state index is -3.59. The molecule has 0 aromatic heterocycles. The van der Waals surface area contributed by atoms with Gasteiger partial charge in [-0.1, -0.05) is 0 Å². The van der Waals surface area contributed by atoms with Gasteiger partial charge in [-0.25, -0.2) is 4.79 Å². The molecule has 1 aliphatic rings. The van der Waals surface area contributed by atoms with Crippen molar-refractivity contribution in [3.8, 4) is 0 Å². The van der Waals surface area contributed by atoms with E-state index in [1.165, 1.54) is 4.90 Å². The Morgan fingerprint density at radius 3 is 2.28 bits per heavy atom. The van der Waals surface area contributed by atoms with Gasteiger partial charge in [-0.15, -0.1) is 0 Å². The maximum Gasteiger partial charge on any atom is 0.410 e. The van der Waals surface area contributed by atoms with Crippen LogP contribution in [0.25, 0.3) is 0 Å². The van der Waals surface area contributed by atoms with Crippen molar-refractivity contribution in [2.24, 2.45) is 0 Å². The highest BCUT2D eigenvalue weighted by Crippen LogP contribution is 2.24. The molecule has 0 aliphatic carbocycles. The Kier molecular flexibility index (Phi) is 3.94. The number of hydrogen-bond acceptors (Lipinski definition) is 6. The fraction of sp³-hybridized carbons (Fsp3) is 0.900. The molecule has 0 bridgehead atoms. The van der Waals surface area contributed by atoms with Crippen LogP contribution in [-0.4, -0.2) is 61.7 Å². The van der Waals surface area contributed by atoms with Crippen molar-refractivity contribution in [2.75, 3.05) is 26.0 Å². The lowest BCUT2D eigenvalue weighted by Gasteiger charge is -2.45. The lowest BCUT2D eigenvalue weighted by Crippen LogP contribution is -2.66. The summed E-state index contributed by atoms with van der Waals surface area (Å²) in [5.41, 5.74) is -1.92. The normalized spacial score (nSPS) is 19.3. The third-order valence-corrected chi connectivity index (χ3v) is 2.71. The summed E-state index contributed by atoms with van der Waals surface area (Å²) in [5.74, 6) is 0. The quantitative estimate of drug-likeness (QED) is 0.729. The molecule has 0 aromatic rings. The fourth-order valence-electron chi connectivity index (χ4n) is 1.43. The molecule has 0 atom stereocenters. The molecule has 7 nitrogen and oxygen atoms in total. The van der Waals surface area contributed by atoms with Gasteiger partial charge < -0.3 is 14.7 Å². The highest BCUT2D eigenvalue weighted by molar-refractivity contribution is 7.85. The number of amides is 1. The Morgan fingerprint density at radius 2 is 1.89 bits per heavy atom. The summed E-state index contributed by atoms with van der Waals surface area (Å²) in [5, 5.41) is 9.85. The molecule has 1 N–H and O–H groups in total. The van der Waals surface area contributed by atoms with E-state index < -0.39 is 27.4 Å². The summed E-state index contributed by atoms with van der Waals surface area (Å²) in [6.45, 7) is 4.86. The van der Waals surface area contributed by atoms with E-state index in [0.29, 0.717) is 0 Å². The molecule has 0 spiro atoms. The van der Waals surface area contributed by atoms with Crippen LogP contribution in [0.2, 0.25) is 0 Å². The summed E-state index contributed by atoms with van der Waals surface area (Å²) >= 11 is 0. The highest BCUT2D eigenvalue weighted by atomic mass is 32.2. The second-order valence-electron chi connectivity index (χ2n) is 5.53. The molecular weight excluding hydrogens is 262 g/mol. The van der Waals surface area contributed by atoms with Crippen molar-refractivity contribution in [3.63, 3.8) is 0 Å². The van der Waals surface area contributed by atoms with Gasteiger partial charge in [0.25, 0.3) is 10.1 Å². The standard InChI is InChI=1S/C10H19NO6S/c1-9(2,3)17-8(12)11-5-10(13,6-11)7-16-18(4,14)15/h13H,5-7H2,1-4H3. The van der Waals surface area contributed by atoms with E-state index >= 15 is 0 Å². The molecule has 0 aromatic carbocycles. The SMILES string of the molecule is CC(C)(C)OC(=O)N1CC(O)(COS(C)(=O)=O)C1. The summed E-state index contributed by atoms with van der Waals surface area (Å²) in [6, 6.07) is 0. The second-order valence-corrected chi connectivity index (χ2v) is 7.17. The number of carbonyl (C=O) groups excluding carboxylic acids is 1. The number of carbonyl (C=O) groups is 1. The first-order chi connectivity index (χ1) is 7.90. The van der Waals surface area contributed by atoms with E-state index in [2.05, 4.69) is 4.18 Å². The Bertz CT molecular complexity index is 418. The minimum Gasteiger partial charge on any atom is -0.444 e. The molecule has 18 heavy (non-hydrogen) atoms. The number of ether oxygens (including phenoxy) is 1. The number of likely N-dealkylation sites (tertiary alicyclic amines) is 1. The van der Waals surface area contributed by atoms with Crippen LogP contribution < -0.4 is 0 Å². The molecule has 1 saturated heterocycles. The van der Waals surface area contributed by atoms with Crippen molar-refractivity contribution < 1.29 is 27.2 Å². The summed E-state index contributed by atoms with van der Waals surface area (Å²) in [6.07, 6.45) is 0.368.